The minimum atomic E-state index is -4.36. The first-order valence-electron chi connectivity index (χ1n) is 4.55. The molecule has 90 valence electrons. The summed E-state index contributed by atoms with van der Waals surface area (Å²) in [5.41, 5.74) is 0.435. The molecule has 0 amide bonds. The second-order valence-electron chi connectivity index (χ2n) is 3.25. The predicted molar refractivity (Wildman–Crippen MR) is 56.1 cm³/mol. The Balaban J connectivity index is 2.26. The van der Waals surface area contributed by atoms with E-state index in [4.69, 9.17) is 11.6 Å². The molecule has 0 spiro atoms. The van der Waals surface area contributed by atoms with Crippen LogP contribution in [0.5, 0.6) is 5.75 Å². The molecule has 0 saturated carbocycles. The van der Waals surface area contributed by atoms with Crippen LogP contribution in [-0.2, 0) is 0 Å². The number of ether oxygens (including phenoxy) is 1. The molecule has 7 heteroatoms. The van der Waals surface area contributed by atoms with Gasteiger partial charge in [-0.2, -0.15) is 13.2 Å². The molecule has 0 atom stereocenters. The van der Waals surface area contributed by atoms with Gasteiger partial charge in [-0.25, -0.2) is 9.97 Å². The van der Waals surface area contributed by atoms with Gasteiger partial charge >= 0.3 is 6.18 Å². The third-order valence-corrected chi connectivity index (χ3v) is 2.26. The second kappa shape index (κ2) is 4.37. The van der Waals surface area contributed by atoms with Crippen LogP contribution in [0.15, 0.2) is 24.5 Å². The minimum Gasteiger partial charge on any atom is -0.484 e. The number of nitrogens with zero attached hydrogens (tertiary/aromatic N) is 2. The van der Waals surface area contributed by atoms with Crippen molar-refractivity contribution in [3.05, 3.63) is 29.7 Å². The number of hydrogen-bond donors (Lipinski definition) is 0. The van der Waals surface area contributed by atoms with E-state index >= 15 is 0 Å². The molecule has 0 aliphatic heterocycles. The molecule has 0 unspecified atom stereocenters. The Morgan fingerprint density at radius 2 is 2.00 bits per heavy atom. The standard InChI is InChI=1S/C10H6ClF3N2O/c11-9-7-2-1-6(17-4-10(12,13)14)3-8(7)15-5-16-9/h1-3,5H,4H2. The zero-order valence-corrected chi connectivity index (χ0v) is 9.09. The van der Waals surface area contributed by atoms with E-state index in [1.54, 1.807) is 0 Å². The average Bonchev–Trinajstić information content (AvgIpc) is 2.26. The number of fused-ring (bicyclic) bond motifs is 1. The molecule has 0 aliphatic carbocycles. The Morgan fingerprint density at radius 1 is 1.24 bits per heavy atom. The van der Waals surface area contributed by atoms with Gasteiger partial charge in [0.05, 0.1) is 5.52 Å². The lowest BCUT2D eigenvalue weighted by atomic mass is 10.2. The van der Waals surface area contributed by atoms with E-state index in [9.17, 15) is 13.2 Å². The van der Waals surface area contributed by atoms with Gasteiger partial charge in [-0.3, -0.25) is 0 Å². The fourth-order valence-corrected chi connectivity index (χ4v) is 1.46. The Kier molecular flexibility index (Phi) is 3.06. The third kappa shape index (κ3) is 2.97. The molecule has 0 aliphatic rings. The monoisotopic (exact) mass is 262 g/mol. The average molecular weight is 263 g/mol. The second-order valence-corrected chi connectivity index (χ2v) is 3.61. The lowest BCUT2D eigenvalue weighted by molar-refractivity contribution is -0.153. The van der Waals surface area contributed by atoms with Crippen molar-refractivity contribution in [2.45, 2.75) is 6.18 Å². The molecular weight excluding hydrogens is 257 g/mol. The van der Waals surface area contributed by atoms with Crippen molar-refractivity contribution in [1.82, 2.24) is 9.97 Å². The van der Waals surface area contributed by atoms with Crippen molar-refractivity contribution < 1.29 is 17.9 Å². The fourth-order valence-electron chi connectivity index (χ4n) is 1.26. The van der Waals surface area contributed by atoms with Crippen LogP contribution in [0.25, 0.3) is 10.9 Å². The van der Waals surface area contributed by atoms with Gasteiger partial charge in [-0.1, -0.05) is 11.6 Å². The summed E-state index contributed by atoms with van der Waals surface area (Å²) in [6, 6.07) is 4.29. The maximum absolute atomic E-state index is 11.9. The van der Waals surface area contributed by atoms with Gasteiger partial charge in [-0.15, -0.1) is 0 Å². The van der Waals surface area contributed by atoms with E-state index in [0.717, 1.165) is 0 Å². The number of rotatable bonds is 2. The molecule has 0 bridgehead atoms. The maximum atomic E-state index is 11.9. The first-order valence-corrected chi connectivity index (χ1v) is 4.93. The van der Waals surface area contributed by atoms with Crippen LogP contribution in [0.4, 0.5) is 13.2 Å². The normalized spacial score (nSPS) is 11.8. The van der Waals surface area contributed by atoms with E-state index in [-0.39, 0.29) is 10.9 Å². The highest BCUT2D eigenvalue weighted by Gasteiger charge is 2.28. The molecule has 2 aromatic rings. The van der Waals surface area contributed by atoms with Gasteiger partial charge in [0.2, 0.25) is 0 Å². The molecule has 0 fully saturated rings. The first kappa shape index (κ1) is 11.9. The summed E-state index contributed by atoms with van der Waals surface area (Å²) >= 11 is 5.79. The van der Waals surface area contributed by atoms with Crippen molar-refractivity contribution in [2.24, 2.45) is 0 Å². The molecule has 0 radical (unpaired) electrons. The Labute approximate surface area is 99.2 Å². The number of halogens is 4. The number of benzene rings is 1. The lowest BCUT2D eigenvalue weighted by Gasteiger charge is -2.09. The van der Waals surface area contributed by atoms with Crippen molar-refractivity contribution in [1.29, 1.82) is 0 Å². The van der Waals surface area contributed by atoms with E-state index in [1.807, 2.05) is 0 Å². The molecule has 3 nitrogen and oxygen atoms in total. The Hall–Kier alpha value is -1.56. The molecule has 1 aromatic heterocycles. The summed E-state index contributed by atoms with van der Waals surface area (Å²) in [4.78, 5) is 7.65. The van der Waals surface area contributed by atoms with Gasteiger partial charge in [0.1, 0.15) is 17.2 Å². The van der Waals surface area contributed by atoms with Crippen molar-refractivity contribution >= 4 is 22.5 Å². The summed E-state index contributed by atoms with van der Waals surface area (Å²) in [5, 5.41) is 0.811. The van der Waals surface area contributed by atoms with E-state index < -0.39 is 12.8 Å². The summed E-state index contributed by atoms with van der Waals surface area (Å²) in [5.74, 6) is 0.0876. The number of hydrogen-bond acceptors (Lipinski definition) is 3. The van der Waals surface area contributed by atoms with Crippen LogP contribution in [0.2, 0.25) is 5.15 Å². The highest BCUT2D eigenvalue weighted by atomic mass is 35.5. The van der Waals surface area contributed by atoms with Crippen molar-refractivity contribution in [3.8, 4) is 5.75 Å². The third-order valence-electron chi connectivity index (χ3n) is 1.96. The first-order chi connectivity index (χ1) is 7.96. The maximum Gasteiger partial charge on any atom is 0.422 e. The van der Waals surface area contributed by atoms with Gasteiger partial charge in [0.15, 0.2) is 6.61 Å². The number of aromatic nitrogens is 2. The van der Waals surface area contributed by atoms with Crippen molar-refractivity contribution in [3.63, 3.8) is 0 Å². The van der Waals surface area contributed by atoms with Crippen LogP contribution >= 0.6 is 11.6 Å². The lowest BCUT2D eigenvalue weighted by Crippen LogP contribution is -2.19. The largest absolute Gasteiger partial charge is 0.484 e. The summed E-state index contributed by atoms with van der Waals surface area (Å²) in [7, 11) is 0. The molecular formula is C10H6ClF3N2O. The zero-order valence-electron chi connectivity index (χ0n) is 8.33. The topological polar surface area (TPSA) is 35.0 Å². The molecule has 17 heavy (non-hydrogen) atoms. The summed E-state index contributed by atoms with van der Waals surface area (Å²) in [6.07, 6.45) is -3.13. The van der Waals surface area contributed by atoms with E-state index in [0.29, 0.717) is 10.9 Å². The van der Waals surface area contributed by atoms with Gasteiger partial charge in [-0.05, 0) is 12.1 Å². The van der Waals surface area contributed by atoms with Crippen LogP contribution in [0, 0.1) is 0 Å². The van der Waals surface area contributed by atoms with Crippen molar-refractivity contribution in [2.75, 3.05) is 6.61 Å². The van der Waals surface area contributed by atoms with Crippen LogP contribution in [0.3, 0.4) is 0 Å². The highest BCUT2D eigenvalue weighted by Crippen LogP contribution is 2.25. The predicted octanol–water partition coefficient (Wildman–Crippen LogP) is 3.22. The molecule has 2 rings (SSSR count). The Morgan fingerprint density at radius 3 is 2.71 bits per heavy atom. The SMILES string of the molecule is FC(F)(F)COc1ccc2c(Cl)ncnc2c1. The van der Waals surface area contributed by atoms with Crippen LogP contribution in [0.1, 0.15) is 0 Å². The van der Waals surface area contributed by atoms with Gasteiger partial charge in [0.25, 0.3) is 0 Å². The minimum absolute atomic E-state index is 0.0876. The molecule has 1 heterocycles. The highest BCUT2D eigenvalue weighted by molar-refractivity contribution is 6.34. The van der Waals surface area contributed by atoms with Crippen LogP contribution in [-0.4, -0.2) is 22.8 Å². The van der Waals surface area contributed by atoms with Crippen LogP contribution < -0.4 is 4.74 Å². The van der Waals surface area contributed by atoms with Gasteiger partial charge in [0, 0.05) is 11.5 Å². The molecule has 1 aromatic carbocycles. The summed E-state index contributed by atoms with van der Waals surface area (Å²) < 4.78 is 40.4. The smallest absolute Gasteiger partial charge is 0.422 e. The van der Waals surface area contributed by atoms with Gasteiger partial charge < -0.3 is 4.74 Å². The van der Waals surface area contributed by atoms with E-state index in [1.165, 1.54) is 24.5 Å². The Bertz CT molecular complexity index is 545. The summed E-state index contributed by atoms with van der Waals surface area (Å²) in [6.45, 7) is -1.34. The number of alkyl halides is 3. The quantitative estimate of drug-likeness (QED) is 0.780. The fraction of sp³-hybridized carbons (Fsp3) is 0.200. The molecule has 0 N–H and O–H groups in total. The zero-order chi connectivity index (χ0) is 12.5. The molecule has 0 saturated heterocycles. The van der Waals surface area contributed by atoms with E-state index in [2.05, 4.69) is 14.7 Å².